The first-order valence-electron chi connectivity index (χ1n) is 5.24. The highest BCUT2D eigenvalue weighted by Crippen LogP contribution is 2.24. The Hall–Kier alpha value is -0.700. The fourth-order valence-corrected chi connectivity index (χ4v) is 2.23. The van der Waals surface area contributed by atoms with Crippen LogP contribution in [0.15, 0.2) is 12.4 Å². The zero-order valence-electron chi connectivity index (χ0n) is 10.1. The molecule has 1 fully saturated rings. The van der Waals surface area contributed by atoms with E-state index in [-0.39, 0.29) is 0 Å². The molecule has 1 aliphatic rings. The van der Waals surface area contributed by atoms with Gasteiger partial charge in [-0.2, -0.15) is 0 Å². The number of rotatable bonds is 3. The third-order valence-electron chi connectivity index (χ3n) is 3.23. The summed E-state index contributed by atoms with van der Waals surface area (Å²) in [5, 5.41) is 0. The minimum Gasteiger partial charge on any atom is -0.365 e. The largest absolute Gasteiger partial charge is 0.365 e. The first kappa shape index (κ1) is 11.4. The van der Waals surface area contributed by atoms with Crippen LogP contribution in [-0.2, 0) is 0 Å². The van der Waals surface area contributed by atoms with E-state index in [2.05, 4.69) is 56.4 Å². The van der Waals surface area contributed by atoms with Crippen LogP contribution in [-0.4, -0.2) is 61.5 Å². The van der Waals surface area contributed by atoms with Crippen LogP contribution in [0.2, 0.25) is 0 Å². The van der Waals surface area contributed by atoms with Gasteiger partial charge in [0.2, 0.25) is 0 Å². The van der Waals surface area contributed by atoms with Crippen molar-refractivity contribution >= 4 is 0 Å². The molecule has 2 unspecified atom stereocenters. The van der Waals surface area contributed by atoms with Gasteiger partial charge in [-0.15, -0.1) is 0 Å². The molecule has 1 rings (SSSR count). The van der Waals surface area contributed by atoms with E-state index in [1.54, 1.807) is 0 Å². The van der Waals surface area contributed by atoms with Crippen molar-refractivity contribution in [2.75, 3.05) is 34.7 Å². The molecule has 0 aromatic heterocycles. The smallest absolute Gasteiger partial charge is 0.0962 e. The van der Waals surface area contributed by atoms with Crippen molar-refractivity contribution in [2.45, 2.75) is 25.4 Å². The van der Waals surface area contributed by atoms with Crippen LogP contribution in [0.1, 0.15) is 13.3 Å². The molecular formula is C11H23N3. The predicted molar refractivity (Wildman–Crippen MR) is 61.1 cm³/mol. The number of hydrogen-bond donors (Lipinski definition) is 0. The van der Waals surface area contributed by atoms with Crippen molar-refractivity contribution in [2.24, 2.45) is 0 Å². The summed E-state index contributed by atoms with van der Waals surface area (Å²) in [7, 11) is 8.42. The Labute approximate surface area is 88.0 Å². The van der Waals surface area contributed by atoms with Crippen LogP contribution in [0, 0.1) is 0 Å². The Bertz CT molecular complexity index is 211. The minimum absolute atomic E-state index is 0.569. The van der Waals surface area contributed by atoms with Gasteiger partial charge in [-0.1, -0.05) is 6.58 Å². The first-order chi connectivity index (χ1) is 6.45. The number of likely N-dealkylation sites (N-methyl/N-ethyl adjacent to an activating group) is 1. The molecule has 0 amide bonds. The van der Waals surface area contributed by atoms with E-state index in [1.807, 2.05) is 0 Å². The van der Waals surface area contributed by atoms with E-state index in [9.17, 15) is 0 Å². The number of hydrogen-bond acceptors (Lipinski definition) is 3. The molecule has 1 heterocycles. The zero-order valence-corrected chi connectivity index (χ0v) is 10.1. The topological polar surface area (TPSA) is 9.72 Å². The molecule has 0 aliphatic carbocycles. The highest BCUT2D eigenvalue weighted by Gasteiger charge is 2.32. The molecule has 3 nitrogen and oxygen atoms in total. The Morgan fingerprint density at radius 2 is 1.86 bits per heavy atom. The molecular weight excluding hydrogens is 174 g/mol. The van der Waals surface area contributed by atoms with Gasteiger partial charge >= 0.3 is 0 Å². The van der Waals surface area contributed by atoms with Crippen LogP contribution in [0.3, 0.4) is 0 Å². The molecule has 0 bridgehead atoms. The predicted octanol–water partition coefficient (Wildman–Crippen LogP) is 1.04. The third kappa shape index (κ3) is 2.03. The molecule has 1 aliphatic heterocycles. The summed E-state index contributed by atoms with van der Waals surface area (Å²) < 4.78 is 0. The maximum Gasteiger partial charge on any atom is 0.0962 e. The maximum atomic E-state index is 4.11. The van der Waals surface area contributed by atoms with E-state index in [0.717, 1.165) is 12.4 Å². The Kier molecular flexibility index (Phi) is 3.43. The molecule has 14 heavy (non-hydrogen) atoms. The van der Waals surface area contributed by atoms with Crippen molar-refractivity contribution < 1.29 is 0 Å². The molecule has 0 saturated carbocycles. The van der Waals surface area contributed by atoms with Gasteiger partial charge < -0.3 is 14.7 Å². The van der Waals surface area contributed by atoms with Gasteiger partial charge in [0.1, 0.15) is 0 Å². The summed E-state index contributed by atoms with van der Waals surface area (Å²) >= 11 is 0. The lowest BCUT2D eigenvalue weighted by Gasteiger charge is -2.33. The zero-order chi connectivity index (χ0) is 10.9. The van der Waals surface area contributed by atoms with Gasteiger partial charge in [-0.25, -0.2) is 0 Å². The summed E-state index contributed by atoms with van der Waals surface area (Å²) in [5.74, 6) is 1.13. The highest BCUT2D eigenvalue weighted by atomic mass is 15.4. The van der Waals surface area contributed by atoms with Crippen LogP contribution < -0.4 is 0 Å². The average molecular weight is 197 g/mol. The molecule has 0 spiro atoms. The molecule has 0 aromatic carbocycles. The second-order valence-corrected chi connectivity index (χ2v) is 4.56. The van der Waals surface area contributed by atoms with Gasteiger partial charge in [0.15, 0.2) is 0 Å². The van der Waals surface area contributed by atoms with Crippen molar-refractivity contribution in [1.29, 1.82) is 0 Å². The van der Waals surface area contributed by atoms with Crippen LogP contribution in [0.4, 0.5) is 0 Å². The standard InChI is InChI=1S/C11H23N3/c1-9-11(13(5)6)7-8-14(9)10(2)12(3)4/h9,11H,2,7-8H2,1,3-6H3. The molecule has 1 saturated heterocycles. The summed E-state index contributed by atoms with van der Waals surface area (Å²) in [4.78, 5) is 6.80. The first-order valence-corrected chi connectivity index (χ1v) is 5.24. The Balaban J connectivity index is 2.64. The third-order valence-corrected chi connectivity index (χ3v) is 3.23. The van der Waals surface area contributed by atoms with Crippen LogP contribution in [0.5, 0.6) is 0 Å². The van der Waals surface area contributed by atoms with Crippen molar-refractivity contribution in [3.05, 3.63) is 12.4 Å². The Morgan fingerprint density at radius 1 is 1.29 bits per heavy atom. The van der Waals surface area contributed by atoms with E-state index in [1.165, 1.54) is 6.42 Å². The second-order valence-electron chi connectivity index (χ2n) is 4.56. The molecule has 3 heteroatoms. The van der Waals surface area contributed by atoms with Gasteiger partial charge in [0.25, 0.3) is 0 Å². The molecule has 82 valence electrons. The fraction of sp³-hybridized carbons (Fsp3) is 0.818. The lowest BCUT2D eigenvalue weighted by atomic mass is 10.1. The lowest BCUT2D eigenvalue weighted by Crippen LogP contribution is -2.41. The highest BCUT2D eigenvalue weighted by molar-refractivity contribution is 5.01. The number of nitrogens with zero attached hydrogens (tertiary/aromatic N) is 3. The molecule has 0 aromatic rings. The summed E-state index contributed by atoms with van der Waals surface area (Å²) in [5.41, 5.74) is 0. The Morgan fingerprint density at radius 3 is 2.21 bits per heavy atom. The van der Waals surface area contributed by atoms with E-state index >= 15 is 0 Å². The van der Waals surface area contributed by atoms with Crippen LogP contribution in [0.25, 0.3) is 0 Å². The molecule has 0 N–H and O–H groups in total. The average Bonchev–Trinajstić information content (AvgIpc) is 2.45. The van der Waals surface area contributed by atoms with Crippen LogP contribution >= 0.6 is 0 Å². The monoisotopic (exact) mass is 197 g/mol. The summed E-state index contributed by atoms with van der Waals surface area (Å²) in [6.45, 7) is 7.52. The number of likely N-dealkylation sites (tertiary alicyclic amines) is 1. The SMILES string of the molecule is C=C(N(C)C)N1CCC(N(C)C)C1C. The summed E-state index contributed by atoms with van der Waals surface area (Å²) in [6, 6.07) is 1.23. The van der Waals surface area contributed by atoms with Gasteiger partial charge in [-0.05, 0) is 27.4 Å². The molecule has 2 atom stereocenters. The van der Waals surface area contributed by atoms with E-state index < -0.39 is 0 Å². The normalized spacial score (nSPS) is 27.1. The van der Waals surface area contributed by atoms with Crippen molar-refractivity contribution in [1.82, 2.24) is 14.7 Å². The molecule has 0 radical (unpaired) electrons. The van der Waals surface area contributed by atoms with Gasteiger partial charge in [-0.3, -0.25) is 0 Å². The second kappa shape index (κ2) is 4.22. The fourth-order valence-electron chi connectivity index (χ4n) is 2.23. The van der Waals surface area contributed by atoms with E-state index in [0.29, 0.717) is 12.1 Å². The lowest BCUT2D eigenvalue weighted by molar-refractivity contribution is 0.197. The minimum atomic E-state index is 0.569. The van der Waals surface area contributed by atoms with Gasteiger partial charge in [0.05, 0.1) is 5.82 Å². The quantitative estimate of drug-likeness (QED) is 0.669. The summed E-state index contributed by atoms with van der Waals surface area (Å²) in [6.07, 6.45) is 1.24. The van der Waals surface area contributed by atoms with Crippen molar-refractivity contribution in [3.63, 3.8) is 0 Å². The van der Waals surface area contributed by atoms with E-state index in [4.69, 9.17) is 0 Å². The van der Waals surface area contributed by atoms with Gasteiger partial charge in [0, 0.05) is 32.7 Å². The van der Waals surface area contributed by atoms with Crippen molar-refractivity contribution in [3.8, 4) is 0 Å². The maximum absolute atomic E-state index is 4.11.